The molecular formula is C18H21N3O2S. The minimum atomic E-state index is -0.767. The molecule has 6 heteroatoms. The van der Waals surface area contributed by atoms with E-state index in [1.165, 1.54) is 6.07 Å². The van der Waals surface area contributed by atoms with E-state index in [0.717, 1.165) is 5.56 Å². The molecule has 2 aromatic rings. The molecule has 1 amide bonds. The molecule has 0 saturated carbocycles. The van der Waals surface area contributed by atoms with Crippen LogP contribution in [0.2, 0.25) is 0 Å². The molecule has 126 valence electrons. The SMILES string of the molecule is Cc1ccc(=O)n(CC(C)(C)C(=O)Nc2cccc(C(N)=S)c2)c1. The Hall–Kier alpha value is -2.47. The van der Waals surface area contributed by atoms with E-state index in [-0.39, 0.29) is 23.0 Å². The average Bonchev–Trinajstić information content (AvgIpc) is 2.51. The van der Waals surface area contributed by atoms with Crippen LogP contribution in [0, 0.1) is 12.3 Å². The number of aryl methyl sites for hydroxylation is 1. The van der Waals surface area contributed by atoms with Crippen molar-refractivity contribution in [3.8, 4) is 0 Å². The van der Waals surface area contributed by atoms with Crippen LogP contribution in [0.15, 0.2) is 47.4 Å². The second kappa shape index (κ2) is 6.97. The van der Waals surface area contributed by atoms with E-state index in [0.29, 0.717) is 11.3 Å². The Balaban J connectivity index is 2.18. The summed E-state index contributed by atoms with van der Waals surface area (Å²) >= 11 is 4.95. The summed E-state index contributed by atoms with van der Waals surface area (Å²) in [6, 6.07) is 10.3. The molecule has 0 atom stereocenters. The van der Waals surface area contributed by atoms with E-state index >= 15 is 0 Å². The van der Waals surface area contributed by atoms with Gasteiger partial charge in [0.1, 0.15) is 4.99 Å². The minimum absolute atomic E-state index is 0.128. The number of hydrogen-bond acceptors (Lipinski definition) is 3. The number of nitrogens with zero attached hydrogens (tertiary/aromatic N) is 1. The van der Waals surface area contributed by atoms with Crippen LogP contribution in [0.5, 0.6) is 0 Å². The van der Waals surface area contributed by atoms with Crippen LogP contribution in [0.1, 0.15) is 25.0 Å². The van der Waals surface area contributed by atoms with Gasteiger partial charge in [0.25, 0.3) is 5.56 Å². The molecule has 5 nitrogen and oxygen atoms in total. The van der Waals surface area contributed by atoms with Crippen LogP contribution >= 0.6 is 12.2 Å². The monoisotopic (exact) mass is 343 g/mol. The third kappa shape index (κ3) is 4.29. The Kier molecular flexibility index (Phi) is 5.19. The van der Waals surface area contributed by atoms with Gasteiger partial charge in [-0.25, -0.2) is 0 Å². The first-order valence-electron chi connectivity index (χ1n) is 7.57. The molecule has 0 aliphatic rings. The lowest BCUT2D eigenvalue weighted by Crippen LogP contribution is -2.37. The lowest BCUT2D eigenvalue weighted by molar-refractivity contribution is -0.124. The lowest BCUT2D eigenvalue weighted by Gasteiger charge is -2.25. The molecule has 0 saturated heterocycles. The predicted octanol–water partition coefficient (Wildman–Crippen LogP) is 2.46. The van der Waals surface area contributed by atoms with E-state index in [1.807, 2.05) is 6.92 Å². The number of carbonyl (C=O) groups excluding carboxylic acids is 1. The van der Waals surface area contributed by atoms with Crippen LogP contribution in [0.3, 0.4) is 0 Å². The maximum atomic E-state index is 12.6. The molecule has 0 spiro atoms. The van der Waals surface area contributed by atoms with E-state index in [9.17, 15) is 9.59 Å². The molecule has 1 aromatic carbocycles. The predicted molar refractivity (Wildman–Crippen MR) is 100 cm³/mol. The highest BCUT2D eigenvalue weighted by molar-refractivity contribution is 7.80. The fraction of sp³-hybridized carbons (Fsp3) is 0.278. The summed E-state index contributed by atoms with van der Waals surface area (Å²) in [6.07, 6.45) is 1.75. The summed E-state index contributed by atoms with van der Waals surface area (Å²) in [6.45, 7) is 5.79. The van der Waals surface area contributed by atoms with Crippen LogP contribution in [0.25, 0.3) is 0 Å². The molecule has 0 fully saturated rings. The number of amides is 1. The molecule has 0 aliphatic heterocycles. The second-order valence-electron chi connectivity index (χ2n) is 6.46. The van der Waals surface area contributed by atoms with E-state index in [1.54, 1.807) is 54.9 Å². The molecule has 0 radical (unpaired) electrons. The highest BCUT2D eigenvalue weighted by atomic mass is 32.1. The normalized spacial score (nSPS) is 11.1. The molecule has 0 unspecified atom stereocenters. The number of benzene rings is 1. The zero-order valence-corrected chi connectivity index (χ0v) is 14.8. The number of pyridine rings is 1. The number of nitrogens with one attached hydrogen (secondary N) is 1. The Morgan fingerprint density at radius 3 is 2.67 bits per heavy atom. The van der Waals surface area contributed by atoms with Crippen LogP contribution in [-0.2, 0) is 11.3 Å². The third-order valence-electron chi connectivity index (χ3n) is 3.72. The van der Waals surface area contributed by atoms with Crippen molar-refractivity contribution < 1.29 is 4.79 Å². The Bertz CT molecular complexity index is 840. The van der Waals surface area contributed by atoms with Crippen molar-refractivity contribution in [2.45, 2.75) is 27.3 Å². The van der Waals surface area contributed by atoms with Gasteiger partial charge in [0.05, 0.1) is 5.41 Å². The molecular weight excluding hydrogens is 322 g/mol. The van der Waals surface area contributed by atoms with Gasteiger partial charge < -0.3 is 15.6 Å². The third-order valence-corrected chi connectivity index (χ3v) is 3.95. The second-order valence-corrected chi connectivity index (χ2v) is 6.90. The Labute approximate surface area is 146 Å². The number of aromatic nitrogens is 1. The number of nitrogens with two attached hydrogens (primary N) is 1. The molecule has 3 N–H and O–H groups in total. The molecule has 24 heavy (non-hydrogen) atoms. The number of hydrogen-bond donors (Lipinski definition) is 2. The minimum Gasteiger partial charge on any atom is -0.389 e. The molecule has 1 heterocycles. The first-order valence-corrected chi connectivity index (χ1v) is 7.98. The van der Waals surface area contributed by atoms with Crippen molar-refractivity contribution in [3.63, 3.8) is 0 Å². The van der Waals surface area contributed by atoms with Gasteiger partial charge in [-0.3, -0.25) is 9.59 Å². The van der Waals surface area contributed by atoms with Gasteiger partial charge in [-0.05, 0) is 38.5 Å². The van der Waals surface area contributed by atoms with Crippen molar-refractivity contribution in [2.75, 3.05) is 5.32 Å². The highest BCUT2D eigenvalue weighted by Gasteiger charge is 2.28. The molecule has 1 aromatic heterocycles. The van der Waals surface area contributed by atoms with Gasteiger partial charge in [-0.2, -0.15) is 0 Å². The zero-order valence-electron chi connectivity index (χ0n) is 14.0. The van der Waals surface area contributed by atoms with Gasteiger partial charge in [0, 0.05) is 30.1 Å². The van der Waals surface area contributed by atoms with Gasteiger partial charge in [-0.15, -0.1) is 0 Å². The largest absolute Gasteiger partial charge is 0.389 e. The first-order chi connectivity index (χ1) is 11.2. The molecule has 0 aliphatic carbocycles. The smallest absolute Gasteiger partial charge is 0.250 e. The van der Waals surface area contributed by atoms with Gasteiger partial charge in [0.15, 0.2) is 0 Å². The zero-order chi connectivity index (χ0) is 17.9. The summed E-state index contributed by atoms with van der Waals surface area (Å²) in [5.41, 5.74) is 7.00. The first kappa shape index (κ1) is 17.9. The number of thiocarbonyl (C=S) groups is 1. The Morgan fingerprint density at radius 2 is 2.00 bits per heavy atom. The van der Waals surface area contributed by atoms with E-state index < -0.39 is 5.41 Å². The van der Waals surface area contributed by atoms with Crippen LogP contribution in [-0.4, -0.2) is 15.5 Å². The van der Waals surface area contributed by atoms with Gasteiger partial charge >= 0.3 is 0 Å². The fourth-order valence-corrected chi connectivity index (χ4v) is 2.45. The number of carbonyl (C=O) groups is 1. The van der Waals surface area contributed by atoms with Crippen LogP contribution in [0.4, 0.5) is 5.69 Å². The average molecular weight is 343 g/mol. The summed E-state index contributed by atoms with van der Waals surface area (Å²) in [5, 5.41) is 2.86. The maximum Gasteiger partial charge on any atom is 0.250 e. The van der Waals surface area contributed by atoms with E-state index in [2.05, 4.69) is 5.32 Å². The number of rotatable bonds is 5. The standard InChI is InChI=1S/C18H21N3O2S/c1-12-7-8-15(22)21(10-12)11-18(2,3)17(23)20-14-6-4-5-13(9-14)16(19)24/h4-10H,11H2,1-3H3,(H2,19,24)(H,20,23). The fourth-order valence-electron chi connectivity index (χ4n) is 2.32. The summed E-state index contributed by atoms with van der Waals surface area (Å²) in [7, 11) is 0. The van der Waals surface area contributed by atoms with Crippen LogP contribution < -0.4 is 16.6 Å². The van der Waals surface area contributed by atoms with Crippen molar-refractivity contribution in [3.05, 3.63) is 64.1 Å². The van der Waals surface area contributed by atoms with Gasteiger partial charge in [-0.1, -0.05) is 30.4 Å². The molecule has 0 bridgehead atoms. The summed E-state index contributed by atoms with van der Waals surface area (Å²) in [5.74, 6) is -0.184. The topological polar surface area (TPSA) is 77.1 Å². The quantitative estimate of drug-likeness (QED) is 0.818. The molecule has 2 rings (SSSR count). The van der Waals surface area contributed by atoms with Crippen molar-refractivity contribution in [2.24, 2.45) is 11.1 Å². The Morgan fingerprint density at radius 1 is 1.29 bits per heavy atom. The van der Waals surface area contributed by atoms with Crippen molar-refractivity contribution >= 4 is 28.8 Å². The summed E-state index contributed by atoms with van der Waals surface area (Å²) < 4.78 is 1.56. The number of anilines is 1. The van der Waals surface area contributed by atoms with E-state index in [4.69, 9.17) is 18.0 Å². The highest BCUT2D eigenvalue weighted by Crippen LogP contribution is 2.21. The van der Waals surface area contributed by atoms with Crippen molar-refractivity contribution in [1.82, 2.24) is 4.57 Å². The maximum absolute atomic E-state index is 12.6. The summed E-state index contributed by atoms with van der Waals surface area (Å²) in [4.78, 5) is 24.9. The van der Waals surface area contributed by atoms with Gasteiger partial charge in [0.2, 0.25) is 5.91 Å². The lowest BCUT2D eigenvalue weighted by atomic mass is 9.91. The van der Waals surface area contributed by atoms with Crippen molar-refractivity contribution in [1.29, 1.82) is 0 Å².